The number of aryl methyl sites for hydroxylation is 1. The largest absolute Gasteiger partial charge is 0.349 e. The first kappa shape index (κ1) is 14.6. The third-order valence-electron chi connectivity index (χ3n) is 2.96. The fraction of sp³-hybridized carbons (Fsp3) is 0.357. The number of amides is 1. The number of nitrogens with zero attached hydrogens (tertiary/aromatic N) is 3. The lowest BCUT2D eigenvalue weighted by Gasteiger charge is -2.23. The molecule has 20 heavy (non-hydrogen) atoms. The summed E-state index contributed by atoms with van der Waals surface area (Å²) in [7, 11) is 4.00. The highest BCUT2D eigenvalue weighted by Gasteiger charge is 2.17. The zero-order chi connectivity index (χ0) is 14.5. The third kappa shape index (κ3) is 3.61. The molecule has 0 aliphatic rings. The van der Waals surface area contributed by atoms with Gasteiger partial charge in [0.05, 0.1) is 17.9 Å². The maximum absolute atomic E-state index is 12.0. The Morgan fingerprint density at radius 3 is 2.75 bits per heavy atom. The van der Waals surface area contributed by atoms with Crippen molar-refractivity contribution in [2.45, 2.75) is 13.0 Å². The maximum Gasteiger partial charge on any atom is 0.271 e. The predicted octanol–water partition coefficient (Wildman–Crippen LogP) is 1.88. The molecule has 6 heteroatoms. The summed E-state index contributed by atoms with van der Waals surface area (Å²) < 4.78 is 0. The first-order chi connectivity index (χ1) is 9.58. The van der Waals surface area contributed by atoms with E-state index in [9.17, 15) is 4.79 Å². The average Bonchev–Trinajstić information content (AvgIpc) is 2.93. The number of likely N-dealkylation sites (N-methyl/N-ethyl adjacent to an activating group) is 1. The number of hydrogen-bond acceptors (Lipinski definition) is 5. The van der Waals surface area contributed by atoms with Crippen LogP contribution in [0.25, 0.3) is 0 Å². The van der Waals surface area contributed by atoms with E-state index in [1.54, 1.807) is 17.5 Å². The summed E-state index contributed by atoms with van der Waals surface area (Å²) >= 11 is 1.69. The average molecular weight is 290 g/mol. The Labute approximate surface area is 122 Å². The molecule has 1 atom stereocenters. The monoisotopic (exact) mass is 290 g/mol. The van der Waals surface area contributed by atoms with Gasteiger partial charge in [-0.25, -0.2) is 4.98 Å². The van der Waals surface area contributed by atoms with Crippen molar-refractivity contribution < 1.29 is 4.79 Å². The number of hydrogen-bond donors (Lipinski definition) is 1. The molecule has 0 radical (unpaired) electrons. The molecule has 5 nitrogen and oxygen atoms in total. The number of rotatable bonds is 5. The fourth-order valence-electron chi connectivity index (χ4n) is 1.81. The number of carbonyl (C=O) groups is 1. The van der Waals surface area contributed by atoms with Gasteiger partial charge in [-0.05, 0) is 32.5 Å². The van der Waals surface area contributed by atoms with Crippen molar-refractivity contribution in [2.24, 2.45) is 0 Å². The molecule has 0 aliphatic carbocycles. The molecule has 2 rings (SSSR count). The normalized spacial score (nSPS) is 12.4. The molecule has 2 heterocycles. The first-order valence-electron chi connectivity index (χ1n) is 6.34. The Hall–Kier alpha value is -1.79. The molecular formula is C14H18N4OS. The highest BCUT2D eigenvalue weighted by molar-refractivity contribution is 7.10. The summed E-state index contributed by atoms with van der Waals surface area (Å²) in [5.41, 5.74) is 1.14. The second kappa shape index (κ2) is 6.58. The van der Waals surface area contributed by atoms with E-state index < -0.39 is 0 Å². The van der Waals surface area contributed by atoms with Crippen LogP contribution in [0.5, 0.6) is 0 Å². The standard InChI is InChI=1S/C14H18N4OS/c1-10-7-16-11(8-15-10)14(19)17-9-12(18(2)3)13-5-4-6-20-13/h4-8,12H,9H2,1-3H3,(H,17,19)/t12-/m1/s1. The van der Waals surface area contributed by atoms with Crippen molar-refractivity contribution in [3.05, 3.63) is 46.2 Å². The highest BCUT2D eigenvalue weighted by Crippen LogP contribution is 2.22. The summed E-state index contributed by atoms with van der Waals surface area (Å²) in [5, 5.41) is 4.95. The molecule has 2 aromatic rings. The zero-order valence-electron chi connectivity index (χ0n) is 11.8. The van der Waals surface area contributed by atoms with Gasteiger partial charge in [0.1, 0.15) is 5.69 Å². The van der Waals surface area contributed by atoms with Crippen LogP contribution in [0, 0.1) is 6.92 Å². The van der Waals surface area contributed by atoms with E-state index in [0.29, 0.717) is 12.2 Å². The van der Waals surface area contributed by atoms with Crippen LogP contribution in [0.1, 0.15) is 27.1 Å². The second-order valence-corrected chi connectivity index (χ2v) is 5.73. The topological polar surface area (TPSA) is 58.1 Å². The van der Waals surface area contributed by atoms with Gasteiger partial charge in [0.15, 0.2) is 0 Å². The number of aromatic nitrogens is 2. The molecule has 0 saturated carbocycles. The smallest absolute Gasteiger partial charge is 0.271 e. The van der Waals surface area contributed by atoms with E-state index in [1.807, 2.05) is 32.5 Å². The third-order valence-corrected chi connectivity index (χ3v) is 3.94. The minimum Gasteiger partial charge on any atom is -0.349 e. The van der Waals surface area contributed by atoms with Gasteiger partial charge >= 0.3 is 0 Å². The summed E-state index contributed by atoms with van der Waals surface area (Å²) in [6.07, 6.45) is 3.10. The van der Waals surface area contributed by atoms with Gasteiger partial charge in [0.25, 0.3) is 5.91 Å². The van der Waals surface area contributed by atoms with Crippen molar-refractivity contribution in [1.82, 2.24) is 20.2 Å². The van der Waals surface area contributed by atoms with Crippen LogP contribution < -0.4 is 5.32 Å². The van der Waals surface area contributed by atoms with Crippen LogP contribution in [-0.4, -0.2) is 41.4 Å². The van der Waals surface area contributed by atoms with Crippen molar-refractivity contribution in [1.29, 1.82) is 0 Å². The van der Waals surface area contributed by atoms with Crippen molar-refractivity contribution in [3.8, 4) is 0 Å². The molecule has 0 aliphatic heterocycles. The summed E-state index contributed by atoms with van der Waals surface area (Å²) in [6.45, 7) is 2.38. The van der Waals surface area contributed by atoms with Gasteiger partial charge in [-0.3, -0.25) is 9.78 Å². The minimum atomic E-state index is -0.194. The maximum atomic E-state index is 12.0. The molecule has 1 amide bonds. The van der Waals surface area contributed by atoms with Crippen molar-refractivity contribution in [2.75, 3.05) is 20.6 Å². The summed E-state index contributed by atoms with van der Waals surface area (Å²) in [4.78, 5) is 23.5. The van der Waals surface area contributed by atoms with Gasteiger partial charge in [-0.1, -0.05) is 6.07 Å². The fourth-order valence-corrected chi connectivity index (χ4v) is 2.73. The molecule has 0 spiro atoms. The van der Waals surface area contributed by atoms with E-state index in [1.165, 1.54) is 11.1 Å². The Balaban J connectivity index is 1.99. The first-order valence-corrected chi connectivity index (χ1v) is 7.22. The Kier molecular flexibility index (Phi) is 4.81. The second-order valence-electron chi connectivity index (χ2n) is 4.75. The minimum absolute atomic E-state index is 0.164. The lowest BCUT2D eigenvalue weighted by atomic mass is 10.2. The van der Waals surface area contributed by atoms with Crippen LogP contribution >= 0.6 is 11.3 Å². The molecule has 0 aromatic carbocycles. The zero-order valence-corrected chi connectivity index (χ0v) is 12.6. The molecule has 0 saturated heterocycles. The summed E-state index contributed by atoms with van der Waals surface area (Å²) in [5.74, 6) is -0.194. The van der Waals surface area contributed by atoms with Crippen LogP contribution in [0.15, 0.2) is 29.9 Å². The predicted molar refractivity (Wildman–Crippen MR) is 79.8 cm³/mol. The SMILES string of the molecule is Cc1cnc(C(=O)NC[C@H](c2cccs2)N(C)C)cn1. The van der Waals surface area contributed by atoms with Crippen LogP contribution in [0.3, 0.4) is 0 Å². The van der Waals surface area contributed by atoms with E-state index in [-0.39, 0.29) is 11.9 Å². The van der Waals surface area contributed by atoms with E-state index in [2.05, 4.69) is 26.3 Å². The Morgan fingerprint density at radius 1 is 1.40 bits per heavy atom. The van der Waals surface area contributed by atoms with Gasteiger partial charge in [-0.2, -0.15) is 0 Å². The van der Waals surface area contributed by atoms with Crippen molar-refractivity contribution in [3.63, 3.8) is 0 Å². The van der Waals surface area contributed by atoms with Gasteiger partial charge in [-0.15, -0.1) is 11.3 Å². The van der Waals surface area contributed by atoms with Crippen LogP contribution in [0.4, 0.5) is 0 Å². The number of nitrogens with one attached hydrogen (secondary N) is 1. The molecule has 106 valence electrons. The van der Waals surface area contributed by atoms with E-state index in [0.717, 1.165) is 5.69 Å². The van der Waals surface area contributed by atoms with Gasteiger partial charge < -0.3 is 10.2 Å². The molecule has 0 bridgehead atoms. The highest BCUT2D eigenvalue weighted by atomic mass is 32.1. The van der Waals surface area contributed by atoms with E-state index in [4.69, 9.17) is 0 Å². The molecule has 0 unspecified atom stereocenters. The van der Waals surface area contributed by atoms with E-state index >= 15 is 0 Å². The Morgan fingerprint density at radius 2 is 2.20 bits per heavy atom. The van der Waals surface area contributed by atoms with Crippen LogP contribution in [0.2, 0.25) is 0 Å². The molecule has 0 fully saturated rings. The van der Waals surface area contributed by atoms with Crippen molar-refractivity contribution >= 4 is 17.2 Å². The molecule has 2 aromatic heterocycles. The molecular weight excluding hydrogens is 272 g/mol. The van der Waals surface area contributed by atoms with Gasteiger partial charge in [0.2, 0.25) is 0 Å². The molecule has 1 N–H and O–H groups in total. The number of thiophene rings is 1. The van der Waals surface area contributed by atoms with Crippen LogP contribution in [-0.2, 0) is 0 Å². The lowest BCUT2D eigenvalue weighted by Crippen LogP contribution is -2.34. The Bertz CT molecular complexity index is 551. The lowest BCUT2D eigenvalue weighted by molar-refractivity contribution is 0.0937. The quantitative estimate of drug-likeness (QED) is 0.913. The number of carbonyl (C=O) groups excluding carboxylic acids is 1. The summed E-state index contributed by atoms with van der Waals surface area (Å²) in [6, 6.07) is 4.26. The van der Waals surface area contributed by atoms with Gasteiger partial charge in [0, 0.05) is 17.6 Å².